The van der Waals surface area contributed by atoms with Gasteiger partial charge in [0.1, 0.15) is 17.9 Å². The summed E-state index contributed by atoms with van der Waals surface area (Å²) in [5.41, 5.74) is 2.78. The fraction of sp³-hybridized carbons (Fsp3) is 0.400. The Morgan fingerprint density at radius 2 is 1.88 bits per heavy atom. The molecule has 7 heteroatoms. The molecule has 0 radical (unpaired) electrons. The van der Waals surface area contributed by atoms with Gasteiger partial charge >= 0.3 is 0 Å². The van der Waals surface area contributed by atoms with Crippen molar-refractivity contribution in [2.75, 3.05) is 13.1 Å². The number of nitrogens with one attached hydrogen (secondary N) is 1. The molecule has 2 atom stereocenters. The molecule has 0 bridgehead atoms. The van der Waals surface area contributed by atoms with E-state index >= 15 is 0 Å². The Morgan fingerprint density at radius 1 is 1.03 bits per heavy atom. The summed E-state index contributed by atoms with van der Waals surface area (Å²) < 4.78 is 6.30. The lowest BCUT2D eigenvalue weighted by molar-refractivity contribution is -0.136. The molecule has 0 saturated carbocycles. The minimum atomic E-state index is -0.596. The van der Waals surface area contributed by atoms with Crippen LogP contribution in [0.4, 0.5) is 0 Å². The highest BCUT2D eigenvalue weighted by Gasteiger charge is 2.39. The Labute approximate surface area is 187 Å². The van der Waals surface area contributed by atoms with Gasteiger partial charge in [-0.1, -0.05) is 30.3 Å². The van der Waals surface area contributed by atoms with E-state index in [4.69, 9.17) is 4.74 Å². The molecule has 7 nitrogen and oxygen atoms in total. The Bertz CT molecular complexity index is 1040. The fourth-order valence-electron chi connectivity index (χ4n) is 4.91. The molecule has 0 aliphatic carbocycles. The maximum absolute atomic E-state index is 12.9. The van der Waals surface area contributed by atoms with Crippen LogP contribution in [0.2, 0.25) is 0 Å². The second-order valence-electron chi connectivity index (χ2n) is 8.82. The maximum atomic E-state index is 12.9. The van der Waals surface area contributed by atoms with Crippen LogP contribution in [-0.4, -0.2) is 52.8 Å². The van der Waals surface area contributed by atoms with Crippen LogP contribution in [0.1, 0.15) is 47.2 Å². The summed E-state index contributed by atoms with van der Waals surface area (Å²) in [4.78, 5) is 40.5. The van der Waals surface area contributed by atoms with E-state index in [1.54, 1.807) is 11.0 Å². The minimum absolute atomic E-state index is 0.105. The fourth-order valence-corrected chi connectivity index (χ4v) is 4.91. The van der Waals surface area contributed by atoms with Crippen molar-refractivity contribution in [1.29, 1.82) is 0 Å². The molecule has 3 amide bonds. The number of piperidine rings is 2. The van der Waals surface area contributed by atoms with E-state index in [0.29, 0.717) is 18.5 Å². The van der Waals surface area contributed by atoms with E-state index in [9.17, 15) is 14.4 Å². The first-order chi connectivity index (χ1) is 15.6. The molecule has 0 aromatic heterocycles. The first kappa shape index (κ1) is 20.7. The third kappa shape index (κ3) is 4.25. The molecule has 3 aliphatic rings. The van der Waals surface area contributed by atoms with E-state index in [1.165, 1.54) is 5.56 Å². The van der Waals surface area contributed by atoms with Crippen LogP contribution in [0.15, 0.2) is 48.5 Å². The molecule has 2 aromatic rings. The standard InChI is InChI=1S/C25H27N3O4/c29-23-11-10-22(24(30)26-23)28-15-18-13-19(8-9-21(18)25(28)31)32-20-7-4-12-27(16-20)14-17-5-2-1-3-6-17/h1-3,5-6,8-9,13,20,22H,4,7,10-12,14-16H2,(H,26,29,30). The lowest BCUT2D eigenvalue weighted by atomic mass is 10.0. The van der Waals surface area contributed by atoms with E-state index in [1.807, 2.05) is 18.2 Å². The summed E-state index contributed by atoms with van der Waals surface area (Å²) in [7, 11) is 0. The molecule has 166 valence electrons. The van der Waals surface area contributed by atoms with Gasteiger partial charge in [-0.15, -0.1) is 0 Å². The molecular formula is C25H27N3O4. The number of benzene rings is 2. The van der Waals surface area contributed by atoms with Crippen LogP contribution < -0.4 is 10.1 Å². The molecule has 1 N–H and O–H groups in total. The third-order valence-corrected chi connectivity index (χ3v) is 6.51. The van der Waals surface area contributed by atoms with Crippen molar-refractivity contribution >= 4 is 17.7 Å². The van der Waals surface area contributed by atoms with E-state index in [-0.39, 0.29) is 30.2 Å². The summed E-state index contributed by atoms with van der Waals surface area (Å²) in [6, 6.07) is 15.4. The number of ether oxygens (including phenoxy) is 1. The van der Waals surface area contributed by atoms with E-state index < -0.39 is 6.04 Å². The minimum Gasteiger partial charge on any atom is -0.489 e. The Kier molecular flexibility index (Phi) is 5.66. The van der Waals surface area contributed by atoms with Crippen LogP contribution >= 0.6 is 0 Å². The third-order valence-electron chi connectivity index (χ3n) is 6.51. The quantitative estimate of drug-likeness (QED) is 0.733. The molecule has 0 spiro atoms. The predicted molar refractivity (Wildman–Crippen MR) is 118 cm³/mol. The van der Waals surface area contributed by atoms with Gasteiger partial charge in [0.05, 0.1) is 0 Å². The van der Waals surface area contributed by atoms with Gasteiger partial charge in [-0.2, -0.15) is 0 Å². The second kappa shape index (κ2) is 8.74. The maximum Gasteiger partial charge on any atom is 0.255 e. The predicted octanol–water partition coefficient (Wildman–Crippen LogP) is 2.49. The van der Waals surface area contributed by atoms with Gasteiger partial charge in [-0.3, -0.25) is 24.6 Å². The van der Waals surface area contributed by atoms with Crippen LogP contribution in [0.5, 0.6) is 5.75 Å². The van der Waals surface area contributed by atoms with Crippen molar-refractivity contribution in [2.24, 2.45) is 0 Å². The van der Waals surface area contributed by atoms with Gasteiger partial charge in [0.15, 0.2) is 0 Å². The number of imide groups is 1. The number of carbonyl (C=O) groups excluding carboxylic acids is 3. The molecule has 2 aromatic carbocycles. The molecule has 2 unspecified atom stereocenters. The number of likely N-dealkylation sites (tertiary alicyclic amines) is 1. The molecule has 2 fully saturated rings. The smallest absolute Gasteiger partial charge is 0.255 e. The Balaban J connectivity index is 1.23. The second-order valence-corrected chi connectivity index (χ2v) is 8.82. The highest BCUT2D eigenvalue weighted by Crippen LogP contribution is 2.31. The van der Waals surface area contributed by atoms with Crippen LogP contribution in [0.3, 0.4) is 0 Å². The average molecular weight is 434 g/mol. The summed E-state index contributed by atoms with van der Waals surface area (Å²) in [6.45, 7) is 3.21. The van der Waals surface area contributed by atoms with Crippen molar-refractivity contribution in [3.8, 4) is 5.75 Å². The van der Waals surface area contributed by atoms with Crippen LogP contribution in [0, 0.1) is 0 Å². The molecular weight excluding hydrogens is 406 g/mol. The van der Waals surface area contributed by atoms with Gasteiger partial charge in [-0.25, -0.2) is 0 Å². The van der Waals surface area contributed by atoms with Crippen molar-refractivity contribution in [3.05, 3.63) is 65.2 Å². The Morgan fingerprint density at radius 3 is 2.69 bits per heavy atom. The summed E-state index contributed by atoms with van der Waals surface area (Å²) >= 11 is 0. The van der Waals surface area contributed by atoms with Crippen LogP contribution in [-0.2, 0) is 22.7 Å². The summed E-state index contributed by atoms with van der Waals surface area (Å²) in [6.07, 6.45) is 2.82. The van der Waals surface area contributed by atoms with Gasteiger partial charge in [0.2, 0.25) is 11.8 Å². The topological polar surface area (TPSA) is 79.0 Å². The summed E-state index contributed by atoms with van der Waals surface area (Å²) in [5, 5.41) is 2.34. The highest BCUT2D eigenvalue weighted by molar-refractivity contribution is 6.05. The summed E-state index contributed by atoms with van der Waals surface area (Å²) in [5.74, 6) is -0.0690. The zero-order valence-corrected chi connectivity index (χ0v) is 18.0. The lowest BCUT2D eigenvalue weighted by Crippen LogP contribution is -2.52. The van der Waals surface area contributed by atoms with Crippen molar-refractivity contribution in [2.45, 2.75) is 50.9 Å². The normalized spacial score (nSPS) is 23.8. The van der Waals surface area contributed by atoms with Gasteiger partial charge in [0.25, 0.3) is 5.91 Å². The highest BCUT2D eigenvalue weighted by atomic mass is 16.5. The Hall–Kier alpha value is -3.19. The zero-order valence-electron chi connectivity index (χ0n) is 18.0. The molecule has 2 saturated heterocycles. The van der Waals surface area contributed by atoms with E-state index in [2.05, 4.69) is 34.5 Å². The lowest BCUT2D eigenvalue weighted by Gasteiger charge is -2.33. The largest absolute Gasteiger partial charge is 0.489 e. The molecule has 3 heterocycles. The molecule has 32 heavy (non-hydrogen) atoms. The van der Waals surface area contributed by atoms with Gasteiger partial charge in [0, 0.05) is 31.6 Å². The van der Waals surface area contributed by atoms with Gasteiger partial charge < -0.3 is 9.64 Å². The number of fused-ring (bicyclic) bond motifs is 1. The zero-order chi connectivity index (χ0) is 22.1. The van der Waals surface area contributed by atoms with E-state index in [0.717, 1.165) is 43.8 Å². The number of nitrogens with zero attached hydrogens (tertiary/aromatic N) is 2. The number of hydrogen-bond acceptors (Lipinski definition) is 5. The first-order valence-corrected chi connectivity index (χ1v) is 11.3. The first-order valence-electron chi connectivity index (χ1n) is 11.3. The number of hydrogen-bond donors (Lipinski definition) is 1. The molecule has 3 aliphatic heterocycles. The number of carbonyl (C=O) groups is 3. The monoisotopic (exact) mass is 433 g/mol. The van der Waals surface area contributed by atoms with Crippen molar-refractivity contribution < 1.29 is 19.1 Å². The average Bonchev–Trinajstić information content (AvgIpc) is 3.10. The van der Waals surface area contributed by atoms with Crippen molar-refractivity contribution in [3.63, 3.8) is 0 Å². The number of amides is 3. The number of rotatable bonds is 5. The molecule has 5 rings (SSSR count). The van der Waals surface area contributed by atoms with Crippen LogP contribution in [0.25, 0.3) is 0 Å². The van der Waals surface area contributed by atoms with Gasteiger partial charge in [-0.05, 0) is 55.1 Å². The SMILES string of the molecule is O=C1CCC(N2Cc3cc(OC4CCCN(Cc5ccccc5)C4)ccc3C2=O)C(=O)N1. The van der Waals surface area contributed by atoms with Crippen molar-refractivity contribution in [1.82, 2.24) is 15.1 Å².